The number of ether oxygens (including phenoxy) is 2. The van der Waals surface area contributed by atoms with Crippen LogP contribution in [0.2, 0.25) is 0 Å². The largest absolute Gasteiger partial charge is 0.479 e. The van der Waals surface area contributed by atoms with E-state index in [0.29, 0.717) is 19.3 Å². The lowest BCUT2D eigenvalue weighted by Gasteiger charge is -2.59. The van der Waals surface area contributed by atoms with Gasteiger partial charge >= 0.3 is 5.97 Å². The number of aliphatic hydroxyl groups is 1. The molecule has 5 aliphatic rings. The topological polar surface area (TPSA) is 93.1 Å². The molecular formula is C24H32O6. The Labute approximate surface area is 177 Å². The van der Waals surface area contributed by atoms with E-state index < -0.39 is 35.5 Å². The van der Waals surface area contributed by atoms with Crippen LogP contribution in [0, 0.1) is 28.6 Å². The number of allylic oxidation sites excluding steroid dienone is 4. The summed E-state index contributed by atoms with van der Waals surface area (Å²) in [6, 6.07) is 0. The minimum absolute atomic E-state index is 0.0139. The first-order valence-corrected chi connectivity index (χ1v) is 11.4. The molecule has 164 valence electrons. The Morgan fingerprint density at radius 1 is 1.33 bits per heavy atom. The molecule has 0 aromatic carbocycles. The van der Waals surface area contributed by atoms with Gasteiger partial charge in [0.05, 0.1) is 6.10 Å². The molecule has 0 amide bonds. The molecule has 2 N–H and O–H groups in total. The number of fused-ring (bicyclic) bond motifs is 7. The van der Waals surface area contributed by atoms with Gasteiger partial charge in [-0.05, 0) is 56.1 Å². The van der Waals surface area contributed by atoms with Crippen molar-refractivity contribution in [1.29, 1.82) is 0 Å². The number of hydrogen-bond acceptors (Lipinski definition) is 5. The second-order valence-corrected chi connectivity index (χ2v) is 10.4. The number of carbonyl (C=O) groups excluding carboxylic acids is 1. The third-order valence-corrected chi connectivity index (χ3v) is 9.13. The molecule has 0 aromatic rings. The molecule has 0 radical (unpaired) electrons. The fourth-order valence-electron chi connectivity index (χ4n) is 7.87. The second kappa shape index (κ2) is 6.50. The first kappa shape index (κ1) is 20.4. The Bertz CT molecular complexity index is 847. The standard InChI is InChI=1S/C24H32O6/c1-4-5-19-29-18-11-16-15-7-6-13-10-14(25)8-9-22(13,2)20(15)17(26)12-23(16,3)24(18,30-19)21(27)28/h8-10,15-20,26H,4-7,11-12H2,1-3H3,(H,27,28)/t15-,16-,17+,18+,19-,20+,22-,23-,24-/m0/s1. The lowest BCUT2D eigenvalue weighted by molar-refractivity contribution is -0.210. The first-order valence-electron chi connectivity index (χ1n) is 11.4. The monoisotopic (exact) mass is 416 g/mol. The quantitative estimate of drug-likeness (QED) is 0.734. The van der Waals surface area contributed by atoms with Gasteiger partial charge < -0.3 is 19.7 Å². The van der Waals surface area contributed by atoms with Gasteiger partial charge in [0.25, 0.3) is 0 Å². The third kappa shape index (κ3) is 2.36. The van der Waals surface area contributed by atoms with Gasteiger partial charge in [-0.1, -0.05) is 38.8 Å². The molecule has 1 saturated heterocycles. The molecule has 0 unspecified atom stereocenters. The Kier molecular flexibility index (Phi) is 4.42. The molecule has 9 atom stereocenters. The molecule has 4 aliphatic carbocycles. The normalized spacial score (nSPS) is 51.6. The SMILES string of the molecule is CCC[C@H]1O[C@@H]2C[C@H]3[C@@H]4CCC5=CC(=O)C=C[C@]5(C)[C@H]4[C@H](O)C[C@]3(C)[C@]2(C(=O)O)O1. The number of aliphatic carboxylic acids is 1. The highest BCUT2D eigenvalue weighted by atomic mass is 16.7. The van der Waals surface area contributed by atoms with Crippen LogP contribution in [0.1, 0.15) is 59.3 Å². The van der Waals surface area contributed by atoms with Crippen molar-refractivity contribution in [2.75, 3.05) is 0 Å². The summed E-state index contributed by atoms with van der Waals surface area (Å²) in [6.07, 6.45) is 7.90. The van der Waals surface area contributed by atoms with E-state index in [1.807, 2.05) is 19.9 Å². The number of rotatable bonds is 3. The van der Waals surface area contributed by atoms with Crippen molar-refractivity contribution >= 4 is 11.8 Å². The van der Waals surface area contributed by atoms with Crippen molar-refractivity contribution in [1.82, 2.24) is 0 Å². The zero-order valence-electron chi connectivity index (χ0n) is 18.0. The summed E-state index contributed by atoms with van der Waals surface area (Å²) in [5, 5.41) is 21.8. The highest BCUT2D eigenvalue weighted by molar-refractivity contribution is 6.01. The smallest absolute Gasteiger partial charge is 0.339 e. The van der Waals surface area contributed by atoms with Crippen LogP contribution >= 0.6 is 0 Å². The van der Waals surface area contributed by atoms with Crippen molar-refractivity contribution in [3.8, 4) is 0 Å². The van der Waals surface area contributed by atoms with Gasteiger partial charge in [0.15, 0.2) is 17.7 Å². The van der Waals surface area contributed by atoms with E-state index in [0.717, 1.165) is 24.8 Å². The number of carbonyl (C=O) groups is 2. The van der Waals surface area contributed by atoms with Crippen LogP contribution < -0.4 is 0 Å². The van der Waals surface area contributed by atoms with Crippen LogP contribution in [0.15, 0.2) is 23.8 Å². The van der Waals surface area contributed by atoms with Gasteiger partial charge in [0.1, 0.15) is 6.10 Å². The molecule has 30 heavy (non-hydrogen) atoms. The maximum Gasteiger partial charge on any atom is 0.339 e. The Hall–Kier alpha value is -1.50. The van der Waals surface area contributed by atoms with Gasteiger partial charge in [-0.15, -0.1) is 0 Å². The van der Waals surface area contributed by atoms with E-state index in [1.165, 1.54) is 0 Å². The Morgan fingerprint density at radius 3 is 2.80 bits per heavy atom. The van der Waals surface area contributed by atoms with Gasteiger partial charge in [-0.3, -0.25) is 4.79 Å². The summed E-state index contributed by atoms with van der Waals surface area (Å²) in [5.41, 5.74) is -1.37. The van der Waals surface area contributed by atoms with Crippen molar-refractivity contribution in [2.45, 2.75) is 83.4 Å². The second-order valence-electron chi connectivity index (χ2n) is 10.4. The van der Waals surface area contributed by atoms with Crippen LogP contribution in [0.5, 0.6) is 0 Å². The number of hydrogen-bond donors (Lipinski definition) is 2. The maximum absolute atomic E-state index is 12.7. The molecular weight excluding hydrogens is 384 g/mol. The summed E-state index contributed by atoms with van der Waals surface area (Å²) < 4.78 is 12.4. The van der Waals surface area contributed by atoms with E-state index >= 15 is 0 Å². The summed E-state index contributed by atoms with van der Waals surface area (Å²) in [7, 11) is 0. The van der Waals surface area contributed by atoms with Crippen molar-refractivity contribution in [2.24, 2.45) is 28.6 Å². The molecule has 4 fully saturated rings. The van der Waals surface area contributed by atoms with Crippen LogP contribution in [-0.2, 0) is 19.1 Å². The molecule has 5 rings (SSSR count). The molecule has 0 spiro atoms. The van der Waals surface area contributed by atoms with E-state index in [4.69, 9.17) is 9.47 Å². The predicted octanol–water partition coefficient (Wildman–Crippen LogP) is 3.24. The average molecular weight is 417 g/mol. The number of carboxylic acid groups (broad SMARTS) is 1. The molecule has 3 saturated carbocycles. The van der Waals surface area contributed by atoms with Gasteiger partial charge in [0.2, 0.25) is 0 Å². The van der Waals surface area contributed by atoms with Gasteiger partial charge in [0, 0.05) is 16.7 Å². The van der Waals surface area contributed by atoms with Crippen molar-refractivity contribution in [3.05, 3.63) is 23.8 Å². The Balaban J connectivity index is 1.55. The first-order chi connectivity index (χ1) is 14.2. The number of aliphatic hydroxyl groups excluding tert-OH is 1. The van der Waals surface area contributed by atoms with Crippen LogP contribution in [0.3, 0.4) is 0 Å². The summed E-state index contributed by atoms with van der Waals surface area (Å²) in [5.74, 6) is -0.722. The van der Waals surface area contributed by atoms with Gasteiger partial charge in [-0.2, -0.15) is 0 Å². The maximum atomic E-state index is 12.7. The molecule has 6 heteroatoms. The Morgan fingerprint density at radius 2 is 2.10 bits per heavy atom. The zero-order valence-corrected chi connectivity index (χ0v) is 18.0. The van der Waals surface area contributed by atoms with Crippen LogP contribution in [0.4, 0.5) is 0 Å². The van der Waals surface area contributed by atoms with Crippen molar-refractivity contribution in [3.63, 3.8) is 0 Å². The van der Waals surface area contributed by atoms with E-state index in [9.17, 15) is 19.8 Å². The molecule has 1 heterocycles. The predicted molar refractivity (Wildman–Crippen MR) is 108 cm³/mol. The lowest BCUT2D eigenvalue weighted by atomic mass is 9.46. The molecule has 1 aliphatic heterocycles. The third-order valence-electron chi connectivity index (χ3n) is 9.13. The fraction of sp³-hybridized carbons (Fsp3) is 0.750. The van der Waals surface area contributed by atoms with E-state index in [-0.39, 0.29) is 29.0 Å². The minimum Gasteiger partial charge on any atom is -0.479 e. The van der Waals surface area contributed by atoms with Crippen molar-refractivity contribution < 1.29 is 29.3 Å². The van der Waals surface area contributed by atoms with Crippen LogP contribution in [-0.4, -0.2) is 46.1 Å². The average Bonchev–Trinajstić information content (AvgIpc) is 3.15. The number of carboxylic acids is 1. The summed E-state index contributed by atoms with van der Waals surface area (Å²) >= 11 is 0. The van der Waals surface area contributed by atoms with Gasteiger partial charge in [-0.25, -0.2) is 4.79 Å². The molecule has 0 bridgehead atoms. The lowest BCUT2D eigenvalue weighted by Crippen LogP contribution is -2.63. The number of ketones is 1. The van der Waals surface area contributed by atoms with Crippen LogP contribution in [0.25, 0.3) is 0 Å². The summed E-state index contributed by atoms with van der Waals surface area (Å²) in [6.45, 7) is 6.15. The van der Waals surface area contributed by atoms with E-state index in [1.54, 1.807) is 12.2 Å². The molecule has 6 nitrogen and oxygen atoms in total. The zero-order chi connectivity index (χ0) is 21.5. The van der Waals surface area contributed by atoms with E-state index in [2.05, 4.69) is 6.92 Å². The highest BCUT2D eigenvalue weighted by Gasteiger charge is 2.76. The highest BCUT2D eigenvalue weighted by Crippen LogP contribution is 2.69. The summed E-state index contributed by atoms with van der Waals surface area (Å²) in [4.78, 5) is 24.6. The minimum atomic E-state index is -1.40. The molecule has 0 aromatic heterocycles. The fourth-order valence-corrected chi connectivity index (χ4v) is 7.87.